The summed E-state index contributed by atoms with van der Waals surface area (Å²) in [7, 11) is -3.61. The molecule has 0 saturated carbocycles. The Morgan fingerprint density at radius 3 is 2.62 bits per heavy atom. The topological polar surface area (TPSA) is 53.5 Å². The van der Waals surface area contributed by atoms with Gasteiger partial charge in [0, 0.05) is 32.4 Å². The largest absolute Gasteiger partial charge is 0.355 e. The van der Waals surface area contributed by atoms with Crippen LogP contribution in [0.4, 0.5) is 10.2 Å². The zero-order valence-corrected chi connectivity index (χ0v) is 14.3. The van der Waals surface area contributed by atoms with Crippen LogP contribution < -0.4 is 4.90 Å². The number of sulfonamides is 1. The fourth-order valence-corrected chi connectivity index (χ4v) is 4.39. The average molecular weight is 349 g/mol. The van der Waals surface area contributed by atoms with Gasteiger partial charge in [0.05, 0.1) is 4.90 Å². The maximum absolute atomic E-state index is 13.4. The maximum Gasteiger partial charge on any atom is 0.243 e. The van der Waals surface area contributed by atoms with E-state index in [1.807, 2.05) is 18.2 Å². The Morgan fingerprint density at radius 2 is 1.92 bits per heavy atom. The quantitative estimate of drug-likeness (QED) is 0.854. The number of hydrogen-bond donors (Lipinski definition) is 0. The fourth-order valence-electron chi connectivity index (χ4n) is 2.83. The standard InChI is InChI=1S/C17H20FN3O2S/c1-14-13-15(6-7-16(14)18)24(22,23)21-10-4-9-20(11-12-21)17-5-2-3-8-19-17/h2-3,5-8,13H,4,9-12H2,1H3. The normalized spacial score (nSPS) is 16.8. The highest BCUT2D eigenvalue weighted by Gasteiger charge is 2.27. The molecule has 0 aliphatic carbocycles. The molecule has 0 spiro atoms. The highest BCUT2D eigenvalue weighted by molar-refractivity contribution is 7.89. The third-order valence-electron chi connectivity index (χ3n) is 4.20. The molecule has 2 aromatic rings. The summed E-state index contributed by atoms with van der Waals surface area (Å²) in [5.41, 5.74) is 0.334. The van der Waals surface area contributed by atoms with E-state index in [1.165, 1.54) is 22.5 Å². The van der Waals surface area contributed by atoms with Gasteiger partial charge in [-0.1, -0.05) is 6.07 Å². The molecule has 1 aromatic carbocycles. The molecule has 0 bridgehead atoms. The third kappa shape index (κ3) is 3.42. The fraction of sp³-hybridized carbons (Fsp3) is 0.353. The first-order valence-corrected chi connectivity index (χ1v) is 9.35. The maximum atomic E-state index is 13.4. The van der Waals surface area contributed by atoms with Gasteiger partial charge in [-0.3, -0.25) is 0 Å². The summed E-state index contributed by atoms with van der Waals surface area (Å²) >= 11 is 0. The van der Waals surface area contributed by atoms with Gasteiger partial charge in [0.25, 0.3) is 0 Å². The second-order valence-electron chi connectivity index (χ2n) is 5.84. The Hall–Kier alpha value is -1.99. The van der Waals surface area contributed by atoms with Gasteiger partial charge in [-0.2, -0.15) is 4.31 Å². The van der Waals surface area contributed by atoms with Crippen LogP contribution >= 0.6 is 0 Å². The van der Waals surface area contributed by atoms with Crippen LogP contribution in [0.25, 0.3) is 0 Å². The number of pyridine rings is 1. The predicted octanol–water partition coefficient (Wildman–Crippen LogP) is 2.43. The molecule has 3 rings (SSSR count). The lowest BCUT2D eigenvalue weighted by molar-refractivity contribution is 0.433. The number of aryl methyl sites for hydroxylation is 1. The minimum absolute atomic E-state index is 0.146. The summed E-state index contributed by atoms with van der Waals surface area (Å²) in [6, 6.07) is 9.64. The van der Waals surface area contributed by atoms with Crippen LogP contribution in [0, 0.1) is 12.7 Å². The lowest BCUT2D eigenvalue weighted by Crippen LogP contribution is -2.35. The van der Waals surface area contributed by atoms with Crippen molar-refractivity contribution in [2.75, 3.05) is 31.1 Å². The zero-order valence-electron chi connectivity index (χ0n) is 13.5. The molecule has 7 heteroatoms. The van der Waals surface area contributed by atoms with Crippen LogP contribution in [0.3, 0.4) is 0 Å². The second kappa shape index (κ2) is 6.86. The number of hydrogen-bond acceptors (Lipinski definition) is 4. The molecule has 0 unspecified atom stereocenters. The molecule has 1 aliphatic heterocycles. The molecular weight excluding hydrogens is 329 g/mol. The highest BCUT2D eigenvalue weighted by Crippen LogP contribution is 2.21. The average Bonchev–Trinajstić information content (AvgIpc) is 2.84. The van der Waals surface area contributed by atoms with Crippen molar-refractivity contribution in [3.05, 3.63) is 54.0 Å². The predicted molar refractivity (Wildman–Crippen MR) is 91.0 cm³/mol. The molecule has 128 valence electrons. The third-order valence-corrected chi connectivity index (χ3v) is 6.09. The molecule has 1 aromatic heterocycles. The molecule has 2 heterocycles. The number of aromatic nitrogens is 1. The lowest BCUT2D eigenvalue weighted by atomic mass is 10.2. The number of rotatable bonds is 3. The van der Waals surface area contributed by atoms with E-state index >= 15 is 0 Å². The van der Waals surface area contributed by atoms with E-state index in [1.54, 1.807) is 13.1 Å². The molecule has 1 saturated heterocycles. The molecule has 0 amide bonds. The monoisotopic (exact) mass is 349 g/mol. The first-order valence-electron chi connectivity index (χ1n) is 7.91. The Morgan fingerprint density at radius 1 is 1.08 bits per heavy atom. The van der Waals surface area contributed by atoms with Crippen LogP contribution in [-0.4, -0.2) is 43.9 Å². The van der Waals surface area contributed by atoms with Crippen molar-refractivity contribution in [2.45, 2.75) is 18.2 Å². The Bertz CT molecular complexity index is 812. The van der Waals surface area contributed by atoms with E-state index in [4.69, 9.17) is 0 Å². The van der Waals surface area contributed by atoms with Crippen molar-refractivity contribution in [2.24, 2.45) is 0 Å². The molecular formula is C17H20FN3O2S. The van der Waals surface area contributed by atoms with E-state index in [2.05, 4.69) is 9.88 Å². The van der Waals surface area contributed by atoms with Gasteiger partial charge in [0.2, 0.25) is 10.0 Å². The van der Waals surface area contributed by atoms with Gasteiger partial charge in [-0.05, 0) is 49.2 Å². The second-order valence-corrected chi connectivity index (χ2v) is 7.78. The molecule has 24 heavy (non-hydrogen) atoms. The van der Waals surface area contributed by atoms with Crippen molar-refractivity contribution < 1.29 is 12.8 Å². The van der Waals surface area contributed by atoms with Crippen molar-refractivity contribution in [3.63, 3.8) is 0 Å². The summed E-state index contributed by atoms with van der Waals surface area (Å²) in [5, 5.41) is 0. The summed E-state index contributed by atoms with van der Waals surface area (Å²) in [5.74, 6) is 0.459. The smallest absolute Gasteiger partial charge is 0.243 e. The van der Waals surface area contributed by atoms with Gasteiger partial charge in [0.1, 0.15) is 11.6 Å². The van der Waals surface area contributed by atoms with Crippen LogP contribution in [0.5, 0.6) is 0 Å². The van der Waals surface area contributed by atoms with Crippen LogP contribution in [0.1, 0.15) is 12.0 Å². The minimum Gasteiger partial charge on any atom is -0.355 e. The number of nitrogens with zero attached hydrogens (tertiary/aromatic N) is 3. The summed E-state index contributed by atoms with van der Waals surface area (Å²) in [6.45, 7) is 3.74. The van der Waals surface area contributed by atoms with E-state index in [-0.39, 0.29) is 4.90 Å². The minimum atomic E-state index is -3.61. The molecule has 0 atom stereocenters. The first-order chi connectivity index (χ1) is 11.5. The molecule has 5 nitrogen and oxygen atoms in total. The van der Waals surface area contributed by atoms with E-state index in [0.29, 0.717) is 25.2 Å². The summed E-state index contributed by atoms with van der Waals surface area (Å²) in [4.78, 5) is 6.56. The lowest BCUT2D eigenvalue weighted by Gasteiger charge is -2.22. The Kier molecular flexibility index (Phi) is 4.82. The molecule has 1 aliphatic rings. The Balaban J connectivity index is 1.79. The number of benzene rings is 1. The van der Waals surface area contributed by atoms with Crippen molar-refractivity contribution >= 4 is 15.8 Å². The van der Waals surface area contributed by atoms with Crippen LogP contribution in [0.2, 0.25) is 0 Å². The SMILES string of the molecule is Cc1cc(S(=O)(=O)N2CCCN(c3ccccn3)CC2)ccc1F. The zero-order chi connectivity index (χ0) is 17.2. The van der Waals surface area contributed by atoms with Crippen molar-refractivity contribution in [1.82, 2.24) is 9.29 Å². The summed E-state index contributed by atoms with van der Waals surface area (Å²) < 4.78 is 40.5. The van der Waals surface area contributed by atoms with E-state index < -0.39 is 15.8 Å². The highest BCUT2D eigenvalue weighted by atomic mass is 32.2. The van der Waals surface area contributed by atoms with Crippen molar-refractivity contribution in [1.29, 1.82) is 0 Å². The van der Waals surface area contributed by atoms with Gasteiger partial charge in [-0.25, -0.2) is 17.8 Å². The molecule has 0 radical (unpaired) electrons. The number of anilines is 1. The van der Waals surface area contributed by atoms with E-state index in [0.717, 1.165) is 18.8 Å². The van der Waals surface area contributed by atoms with Crippen LogP contribution in [-0.2, 0) is 10.0 Å². The van der Waals surface area contributed by atoms with Crippen molar-refractivity contribution in [3.8, 4) is 0 Å². The van der Waals surface area contributed by atoms with E-state index in [9.17, 15) is 12.8 Å². The van der Waals surface area contributed by atoms with Gasteiger partial charge in [-0.15, -0.1) is 0 Å². The first kappa shape index (κ1) is 16.9. The van der Waals surface area contributed by atoms with Gasteiger partial charge in [0.15, 0.2) is 0 Å². The van der Waals surface area contributed by atoms with Gasteiger partial charge >= 0.3 is 0 Å². The van der Waals surface area contributed by atoms with Gasteiger partial charge < -0.3 is 4.90 Å². The Labute approximate surface area is 141 Å². The van der Waals surface area contributed by atoms with Crippen LogP contribution in [0.15, 0.2) is 47.5 Å². The molecule has 1 fully saturated rings. The summed E-state index contributed by atoms with van der Waals surface area (Å²) in [6.07, 6.45) is 2.45. The molecule has 0 N–H and O–H groups in total. The number of halogens is 1.